The Balaban J connectivity index is 1.21. The molecular weight excluding hydrogens is 743 g/mol. The van der Waals surface area contributed by atoms with Gasteiger partial charge in [-0.15, -0.1) is 0 Å². The summed E-state index contributed by atoms with van der Waals surface area (Å²) in [5, 5.41) is 2.26. The van der Waals surface area contributed by atoms with Crippen molar-refractivity contribution in [2.75, 3.05) is 0 Å². The van der Waals surface area contributed by atoms with Crippen molar-refractivity contribution in [1.82, 2.24) is 24.5 Å². The molecule has 5 heteroatoms. The van der Waals surface area contributed by atoms with Crippen LogP contribution in [0.4, 0.5) is 0 Å². The highest BCUT2D eigenvalue weighted by Crippen LogP contribution is 2.41. The standard InChI is InChI=1S/C56H37N5/c1-6-18-38(19-7-1)43-30-32-51-48(34-43)49-35-44(39-20-8-2-9-21-39)31-33-52(49)61(51)56-50(36-45(37-57-56)47-29-17-16-28-46(47)40-22-10-3-11-23-40)55-59-53(41-24-12-4-13-25-41)58-54(60-55)42-26-14-5-15-27-42/h1-37H. The Hall–Kier alpha value is -8.28. The molecule has 8 aromatic carbocycles. The molecule has 0 N–H and O–H groups in total. The summed E-state index contributed by atoms with van der Waals surface area (Å²) < 4.78 is 2.28. The van der Waals surface area contributed by atoms with Gasteiger partial charge in [-0.2, -0.15) is 0 Å². The van der Waals surface area contributed by atoms with Crippen LogP contribution < -0.4 is 0 Å². The maximum absolute atomic E-state index is 5.44. The molecule has 0 amide bonds. The summed E-state index contributed by atoms with van der Waals surface area (Å²) in [4.78, 5) is 21.0. The highest BCUT2D eigenvalue weighted by Gasteiger charge is 2.23. The smallest absolute Gasteiger partial charge is 0.167 e. The molecule has 3 heterocycles. The number of hydrogen-bond acceptors (Lipinski definition) is 4. The molecule has 0 atom stereocenters. The lowest BCUT2D eigenvalue weighted by atomic mass is 9.94. The van der Waals surface area contributed by atoms with Gasteiger partial charge in [-0.1, -0.05) is 188 Å². The van der Waals surface area contributed by atoms with Gasteiger partial charge < -0.3 is 0 Å². The number of fused-ring (bicyclic) bond motifs is 3. The average molecular weight is 780 g/mol. The van der Waals surface area contributed by atoms with E-state index in [1.807, 2.05) is 72.9 Å². The lowest BCUT2D eigenvalue weighted by Crippen LogP contribution is -2.06. The Morgan fingerprint density at radius 1 is 0.279 bits per heavy atom. The Bertz CT molecular complexity index is 3170. The van der Waals surface area contributed by atoms with E-state index in [9.17, 15) is 0 Å². The fourth-order valence-corrected chi connectivity index (χ4v) is 8.35. The molecule has 11 aromatic rings. The first-order valence-corrected chi connectivity index (χ1v) is 20.5. The first-order valence-electron chi connectivity index (χ1n) is 20.5. The van der Waals surface area contributed by atoms with Crippen LogP contribution in [-0.4, -0.2) is 24.5 Å². The lowest BCUT2D eigenvalue weighted by Gasteiger charge is -2.16. The van der Waals surface area contributed by atoms with E-state index in [1.54, 1.807) is 0 Å². The number of pyridine rings is 1. The molecule has 0 fully saturated rings. The molecule has 0 saturated carbocycles. The Kier molecular flexibility index (Phi) is 9.10. The Morgan fingerprint density at radius 2 is 0.672 bits per heavy atom. The molecule has 0 aliphatic carbocycles. The minimum Gasteiger partial charge on any atom is -0.293 e. The first-order chi connectivity index (χ1) is 30.2. The molecule has 0 saturated heterocycles. The van der Waals surface area contributed by atoms with Crippen molar-refractivity contribution in [3.05, 3.63) is 225 Å². The summed E-state index contributed by atoms with van der Waals surface area (Å²) in [6.45, 7) is 0. The molecule has 286 valence electrons. The van der Waals surface area contributed by atoms with Gasteiger partial charge in [-0.05, 0) is 69.3 Å². The van der Waals surface area contributed by atoms with Gasteiger partial charge in [0.15, 0.2) is 17.5 Å². The van der Waals surface area contributed by atoms with Crippen LogP contribution >= 0.6 is 0 Å². The zero-order chi connectivity index (χ0) is 40.5. The normalized spacial score (nSPS) is 11.3. The summed E-state index contributed by atoms with van der Waals surface area (Å²) in [6, 6.07) is 76.1. The van der Waals surface area contributed by atoms with Gasteiger partial charge in [0.1, 0.15) is 5.82 Å². The van der Waals surface area contributed by atoms with Crippen LogP contribution in [0, 0.1) is 0 Å². The number of benzene rings is 8. The fraction of sp³-hybridized carbons (Fsp3) is 0. The monoisotopic (exact) mass is 779 g/mol. The quantitative estimate of drug-likeness (QED) is 0.154. The molecule has 5 nitrogen and oxygen atoms in total. The zero-order valence-corrected chi connectivity index (χ0v) is 33.1. The number of rotatable bonds is 8. The average Bonchev–Trinajstić information content (AvgIpc) is 3.68. The maximum atomic E-state index is 5.44. The van der Waals surface area contributed by atoms with Crippen molar-refractivity contribution in [3.8, 4) is 84.5 Å². The third-order valence-corrected chi connectivity index (χ3v) is 11.3. The SMILES string of the molecule is c1ccc(-c2ccc3c(c2)c2cc(-c4ccccc4)ccc2n3-c2ncc(-c3ccccc3-c3ccccc3)cc2-c2nc(-c3ccccc3)nc(-c3ccccc3)n2)cc1. The highest BCUT2D eigenvalue weighted by molar-refractivity contribution is 6.12. The predicted molar refractivity (Wildman–Crippen MR) is 250 cm³/mol. The van der Waals surface area contributed by atoms with E-state index < -0.39 is 0 Å². The number of hydrogen-bond donors (Lipinski definition) is 0. The zero-order valence-electron chi connectivity index (χ0n) is 33.1. The molecular formula is C56H37N5. The van der Waals surface area contributed by atoms with Crippen molar-refractivity contribution in [1.29, 1.82) is 0 Å². The van der Waals surface area contributed by atoms with Gasteiger partial charge in [0, 0.05) is 33.7 Å². The van der Waals surface area contributed by atoms with Crippen LogP contribution in [0.25, 0.3) is 106 Å². The van der Waals surface area contributed by atoms with Crippen molar-refractivity contribution >= 4 is 21.8 Å². The van der Waals surface area contributed by atoms with Gasteiger partial charge in [0.25, 0.3) is 0 Å². The van der Waals surface area contributed by atoms with Crippen molar-refractivity contribution in [2.24, 2.45) is 0 Å². The fourth-order valence-electron chi connectivity index (χ4n) is 8.35. The second kappa shape index (κ2) is 15.5. The largest absolute Gasteiger partial charge is 0.293 e. The molecule has 0 unspecified atom stereocenters. The molecule has 0 aliphatic rings. The maximum Gasteiger partial charge on any atom is 0.167 e. The van der Waals surface area contributed by atoms with E-state index >= 15 is 0 Å². The molecule has 0 spiro atoms. The van der Waals surface area contributed by atoms with Crippen molar-refractivity contribution < 1.29 is 0 Å². The summed E-state index contributed by atoms with van der Waals surface area (Å²) in [5.74, 6) is 2.44. The van der Waals surface area contributed by atoms with Crippen LogP contribution in [0.3, 0.4) is 0 Å². The van der Waals surface area contributed by atoms with Crippen LogP contribution in [0.1, 0.15) is 0 Å². The Morgan fingerprint density at radius 3 is 1.15 bits per heavy atom. The van der Waals surface area contributed by atoms with Gasteiger partial charge in [-0.25, -0.2) is 19.9 Å². The third kappa shape index (κ3) is 6.74. The van der Waals surface area contributed by atoms with Crippen LogP contribution in [0.2, 0.25) is 0 Å². The second-order valence-electron chi connectivity index (χ2n) is 15.1. The van der Waals surface area contributed by atoms with E-state index in [2.05, 4.69) is 156 Å². The minimum atomic E-state index is 0.533. The van der Waals surface area contributed by atoms with Crippen LogP contribution in [0.15, 0.2) is 225 Å². The van der Waals surface area contributed by atoms with E-state index in [0.717, 1.165) is 88.8 Å². The lowest BCUT2D eigenvalue weighted by molar-refractivity contribution is 1.04. The van der Waals surface area contributed by atoms with E-state index in [0.29, 0.717) is 17.5 Å². The molecule has 0 bridgehead atoms. The highest BCUT2D eigenvalue weighted by atomic mass is 15.1. The minimum absolute atomic E-state index is 0.533. The summed E-state index contributed by atoms with van der Waals surface area (Å²) in [6.07, 6.45) is 1.99. The molecule has 3 aromatic heterocycles. The van der Waals surface area contributed by atoms with E-state index in [-0.39, 0.29) is 0 Å². The van der Waals surface area contributed by atoms with Crippen molar-refractivity contribution in [2.45, 2.75) is 0 Å². The van der Waals surface area contributed by atoms with Gasteiger partial charge >= 0.3 is 0 Å². The second-order valence-corrected chi connectivity index (χ2v) is 15.1. The third-order valence-electron chi connectivity index (χ3n) is 11.3. The summed E-state index contributed by atoms with van der Waals surface area (Å²) >= 11 is 0. The number of aromatic nitrogens is 5. The van der Waals surface area contributed by atoms with Crippen molar-refractivity contribution in [3.63, 3.8) is 0 Å². The first kappa shape index (κ1) is 35.8. The van der Waals surface area contributed by atoms with E-state index in [1.165, 1.54) is 0 Å². The molecule has 11 rings (SSSR count). The van der Waals surface area contributed by atoms with Gasteiger partial charge in [0.2, 0.25) is 0 Å². The van der Waals surface area contributed by atoms with Gasteiger partial charge in [0.05, 0.1) is 16.6 Å². The molecule has 0 radical (unpaired) electrons. The molecule has 61 heavy (non-hydrogen) atoms. The number of nitrogens with zero attached hydrogens (tertiary/aromatic N) is 5. The topological polar surface area (TPSA) is 56.5 Å². The summed E-state index contributed by atoms with van der Waals surface area (Å²) in [5.41, 5.74) is 13.6. The van der Waals surface area contributed by atoms with E-state index in [4.69, 9.17) is 19.9 Å². The Labute approximate surface area is 354 Å². The predicted octanol–water partition coefficient (Wildman–Crippen LogP) is 14.0. The van der Waals surface area contributed by atoms with Crippen LogP contribution in [-0.2, 0) is 0 Å². The van der Waals surface area contributed by atoms with Gasteiger partial charge in [-0.3, -0.25) is 4.57 Å². The molecule has 0 aliphatic heterocycles. The summed E-state index contributed by atoms with van der Waals surface area (Å²) in [7, 11) is 0. The van der Waals surface area contributed by atoms with Crippen LogP contribution in [0.5, 0.6) is 0 Å².